The number of hydrogen-bond acceptors (Lipinski definition) is 4. The number of nitro groups is 1. The van der Waals surface area contributed by atoms with Crippen molar-refractivity contribution in [3.63, 3.8) is 0 Å². The van der Waals surface area contributed by atoms with E-state index < -0.39 is 28.1 Å². The van der Waals surface area contributed by atoms with Crippen LogP contribution in [0.15, 0.2) is 66.7 Å². The Hall–Kier alpha value is -3.81. The molecule has 3 aromatic rings. The van der Waals surface area contributed by atoms with Crippen LogP contribution in [0, 0.1) is 21.7 Å². The zero-order valence-corrected chi connectivity index (χ0v) is 15.1. The van der Waals surface area contributed by atoms with Gasteiger partial charge in [0.15, 0.2) is 0 Å². The van der Waals surface area contributed by atoms with Gasteiger partial charge in [0.1, 0.15) is 17.4 Å². The van der Waals surface area contributed by atoms with Crippen molar-refractivity contribution >= 4 is 17.3 Å². The highest BCUT2D eigenvalue weighted by Gasteiger charge is 2.54. The summed E-state index contributed by atoms with van der Waals surface area (Å²) in [6.07, 6.45) is 0. The number of ether oxygens (including phenoxy) is 1. The first-order valence-corrected chi connectivity index (χ1v) is 8.60. The number of carbonyl (C=O) groups excluding carboxylic acids is 1. The quantitative estimate of drug-likeness (QED) is 0.490. The molecular formula is C21H14F2N2O4. The van der Waals surface area contributed by atoms with Crippen LogP contribution in [0.2, 0.25) is 0 Å². The van der Waals surface area contributed by atoms with Crippen molar-refractivity contribution in [2.75, 3.05) is 11.9 Å². The van der Waals surface area contributed by atoms with E-state index in [1.807, 2.05) is 0 Å². The molecule has 0 bridgehead atoms. The molecule has 146 valence electrons. The molecule has 0 aromatic heterocycles. The summed E-state index contributed by atoms with van der Waals surface area (Å²) in [5, 5.41) is 10.9. The van der Waals surface area contributed by atoms with Crippen molar-refractivity contribution in [1.82, 2.24) is 0 Å². The van der Waals surface area contributed by atoms with Gasteiger partial charge in [-0.05, 0) is 42.5 Å². The SMILES string of the molecule is CN1C(=O)C(Oc2ccc([N+](=O)[O-])cc2)(c2ccc(F)cc2)c2cc(F)ccc21. The molecule has 0 fully saturated rings. The van der Waals surface area contributed by atoms with Crippen molar-refractivity contribution in [1.29, 1.82) is 0 Å². The second-order valence-electron chi connectivity index (χ2n) is 6.57. The molecule has 0 N–H and O–H groups in total. The highest BCUT2D eigenvalue weighted by atomic mass is 19.1. The summed E-state index contributed by atoms with van der Waals surface area (Å²) in [5.74, 6) is -1.40. The molecule has 1 unspecified atom stereocenters. The maximum atomic E-state index is 14.1. The first kappa shape index (κ1) is 18.5. The van der Waals surface area contributed by atoms with Gasteiger partial charge in [0.05, 0.1) is 10.6 Å². The van der Waals surface area contributed by atoms with Gasteiger partial charge in [0.25, 0.3) is 11.6 Å². The Morgan fingerprint density at radius 2 is 1.59 bits per heavy atom. The van der Waals surface area contributed by atoms with E-state index in [1.165, 1.54) is 78.7 Å². The van der Waals surface area contributed by atoms with Gasteiger partial charge < -0.3 is 9.64 Å². The van der Waals surface area contributed by atoms with E-state index in [4.69, 9.17) is 4.74 Å². The normalized spacial score (nSPS) is 17.9. The molecule has 0 aliphatic carbocycles. The van der Waals surface area contributed by atoms with Crippen LogP contribution in [-0.4, -0.2) is 17.9 Å². The minimum Gasteiger partial charge on any atom is -0.468 e. The number of nitro benzene ring substituents is 1. The van der Waals surface area contributed by atoms with Gasteiger partial charge in [-0.1, -0.05) is 12.1 Å². The Kier molecular flexibility index (Phi) is 4.26. The van der Waals surface area contributed by atoms with E-state index in [2.05, 4.69) is 0 Å². The summed E-state index contributed by atoms with van der Waals surface area (Å²) >= 11 is 0. The second kappa shape index (κ2) is 6.66. The van der Waals surface area contributed by atoms with Crippen molar-refractivity contribution < 1.29 is 23.2 Å². The number of carbonyl (C=O) groups is 1. The Labute approximate surface area is 164 Å². The Bertz CT molecular complexity index is 1120. The fourth-order valence-electron chi connectivity index (χ4n) is 3.48. The molecule has 0 saturated heterocycles. The average molecular weight is 396 g/mol. The third-order valence-electron chi connectivity index (χ3n) is 4.87. The predicted octanol–water partition coefficient (Wildman–Crippen LogP) is 4.17. The van der Waals surface area contributed by atoms with Gasteiger partial charge in [-0.15, -0.1) is 0 Å². The molecular weight excluding hydrogens is 382 g/mol. The molecule has 0 spiro atoms. The van der Waals surface area contributed by atoms with Gasteiger partial charge in [0, 0.05) is 30.3 Å². The van der Waals surface area contributed by atoms with Gasteiger partial charge in [-0.2, -0.15) is 0 Å². The number of benzene rings is 3. The van der Waals surface area contributed by atoms with Crippen LogP contribution in [0.5, 0.6) is 5.75 Å². The first-order chi connectivity index (χ1) is 13.8. The number of rotatable bonds is 4. The lowest BCUT2D eigenvalue weighted by Crippen LogP contribution is -2.44. The fourth-order valence-corrected chi connectivity index (χ4v) is 3.48. The van der Waals surface area contributed by atoms with E-state index in [-0.39, 0.29) is 17.0 Å². The molecule has 0 saturated carbocycles. The number of non-ortho nitro benzene ring substituents is 1. The molecule has 29 heavy (non-hydrogen) atoms. The molecule has 6 nitrogen and oxygen atoms in total. The summed E-state index contributed by atoms with van der Waals surface area (Å²) in [5.41, 5.74) is -0.902. The zero-order valence-electron chi connectivity index (χ0n) is 15.1. The Morgan fingerprint density at radius 3 is 2.21 bits per heavy atom. The van der Waals surface area contributed by atoms with Crippen molar-refractivity contribution in [3.8, 4) is 5.75 Å². The monoisotopic (exact) mass is 396 g/mol. The van der Waals surface area contributed by atoms with Crippen LogP contribution >= 0.6 is 0 Å². The smallest absolute Gasteiger partial charge is 0.280 e. The summed E-state index contributed by atoms with van der Waals surface area (Å²) in [6.45, 7) is 0. The molecule has 4 rings (SSSR count). The summed E-state index contributed by atoms with van der Waals surface area (Å²) in [6, 6.07) is 14.2. The average Bonchev–Trinajstić information content (AvgIpc) is 2.91. The summed E-state index contributed by atoms with van der Waals surface area (Å²) in [7, 11) is 1.53. The van der Waals surface area contributed by atoms with Crippen LogP contribution in [0.4, 0.5) is 20.2 Å². The number of amides is 1. The first-order valence-electron chi connectivity index (χ1n) is 8.60. The lowest BCUT2D eigenvalue weighted by Gasteiger charge is -2.30. The molecule has 1 aliphatic rings. The van der Waals surface area contributed by atoms with E-state index in [0.29, 0.717) is 11.3 Å². The minimum atomic E-state index is -1.77. The third-order valence-corrected chi connectivity index (χ3v) is 4.87. The van der Waals surface area contributed by atoms with Gasteiger partial charge >= 0.3 is 0 Å². The highest BCUT2D eigenvalue weighted by Crippen LogP contribution is 2.47. The molecule has 1 atom stereocenters. The summed E-state index contributed by atoms with van der Waals surface area (Å²) in [4.78, 5) is 25.0. The van der Waals surface area contributed by atoms with Crippen molar-refractivity contribution in [3.05, 3.63) is 99.6 Å². The molecule has 1 aliphatic heterocycles. The number of nitrogens with zero attached hydrogens (tertiary/aromatic N) is 2. The van der Waals surface area contributed by atoms with Crippen LogP contribution in [0.25, 0.3) is 0 Å². The Balaban J connectivity index is 1.92. The number of anilines is 1. The summed E-state index contributed by atoms with van der Waals surface area (Å²) < 4.78 is 33.7. The van der Waals surface area contributed by atoms with Gasteiger partial charge in [-0.3, -0.25) is 14.9 Å². The maximum absolute atomic E-state index is 14.1. The van der Waals surface area contributed by atoms with Gasteiger partial charge in [-0.25, -0.2) is 8.78 Å². The van der Waals surface area contributed by atoms with E-state index in [9.17, 15) is 23.7 Å². The van der Waals surface area contributed by atoms with Crippen molar-refractivity contribution in [2.45, 2.75) is 5.60 Å². The Morgan fingerprint density at radius 1 is 0.966 bits per heavy atom. The standard InChI is InChI=1S/C21H14F2N2O4/c1-24-19-11-6-15(23)12-18(19)21(20(24)26,13-2-4-14(22)5-3-13)29-17-9-7-16(8-10-17)25(27)28/h2-12H,1H3. The van der Waals surface area contributed by atoms with Crippen LogP contribution in [0.3, 0.4) is 0 Å². The van der Waals surface area contributed by atoms with E-state index in [1.54, 1.807) is 0 Å². The molecule has 1 heterocycles. The third kappa shape index (κ3) is 2.89. The topological polar surface area (TPSA) is 72.7 Å². The molecule has 1 amide bonds. The lowest BCUT2D eigenvalue weighted by molar-refractivity contribution is -0.384. The number of fused-ring (bicyclic) bond motifs is 1. The van der Waals surface area contributed by atoms with E-state index in [0.717, 1.165) is 0 Å². The number of halogens is 2. The van der Waals surface area contributed by atoms with Crippen LogP contribution in [0.1, 0.15) is 11.1 Å². The van der Waals surface area contributed by atoms with Crippen LogP contribution < -0.4 is 9.64 Å². The minimum absolute atomic E-state index is 0.144. The predicted molar refractivity (Wildman–Crippen MR) is 101 cm³/mol. The largest absolute Gasteiger partial charge is 0.468 e. The van der Waals surface area contributed by atoms with Crippen molar-refractivity contribution in [2.24, 2.45) is 0 Å². The number of likely N-dealkylation sites (N-methyl/N-ethyl adjacent to an activating group) is 1. The molecule has 3 aromatic carbocycles. The highest BCUT2D eigenvalue weighted by molar-refractivity contribution is 6.09. The second-order valence-corrected chi connectivity index (χ2v) is 6.57. The zero-order chi connectivity index (χ0) is 20.8. The maximum Gasteiger partial charge on any atom is 0.280 e. The van der Waals surface area contributed by atoms with E-state index >= 15 is 0 Å². The van der Waals surface area contributed by atoms with Crippen LogP contribution in [-0.2, 0) is 10.4 Å². The number of hydrogen-bond donors (Lipinski definition) is 0. The van der Waals surface area contributed by atoms with Gasteiger partial charge in [0.2, 0.25) is 5.60 Å². The fraction of sp³-hybridized carbons (Fsp3) is 0.0952. The molecule has 8 heteroatoms. The lowest BCUT2D eigenvalue weighted by atomic mass is 9.87. The molecule has 0 radical (unpaired) electrons.